The number of aryl methyl sites for hydroxylation is 1. The Morgan fingerprint density at radius 1 is 1.35 bits per heavy atom. The number of hydrogen-bond donors (Lipinski definition) is 1. The molecule has 0 amide bonds. The Kier molecular flexibility index (Phi) is 4.14. The van der Waals surface area contributed by atoms with E-state index in [-0.39, 0.29) is 5.69 Å². The highest BCUT2D eigenvalue weighted by atomic mass is 16.6. The first-order valence-corrected chi connectivity index (χ1v) is 6.08. The van der Waals surface area contributed by atoms with Gasteiger partial charge in [0.1, 0.15) is 5.75 Å². The van der Waals surface area contributed by atoms with Crippen LogP contribution in [0.25, 0.3) is 0 Å². The second kappa shape index (κ2) is 6.01. The summed E-state index contributed by atoms with van der Waals surface area (Å²) in [6, 6.07) is 8.38. The third-order valence-corrected chi connectivity index (χ3v) is 2.83. The Hall–Kier alpha value is -2.63. The molecule has 0 aliphatic carbocycles. The largest absolute Gasteiger partial charge is 0.494 e. The molecule has 1 N–H and O–H groups in total. The van der Waals surface area contributed by atoms with Gasteiger partial charge in [0.05, 0.1) is 36.0 Å². The first-order valence-electron chi connectivity index (χ1n) is 6.08. The van der Waals surface area contributed by atoms with Crippen LogP contribution in [0.2, 0.25) is 0 Å². The smallest absolute Gasteiger partial charge is 0.273 e. The van der Waals surface area contributed by atoms with Crippen molar-refractivity contribution in [2.45, 2.75) is 13.5 Å². The number of aromatic nitrogens is 1. The molecule has 0 atom stereocenters. The Morgan fingerprint density at radius 2 is 2.15 bits per heavy atom. The summed E-state index contributed by atoms with van der Waals surface area (Å²) < 4.78 is 5.16. The van der Waals surface area contributed by atoms with E-state index >= 15 is 0 Å². The van der Waals surface area contributed by atoms with Crippen LogP contribution in [0.15, 0.2) is 36.5 Å². The molecule has 6 nitrogen and oxygen atoms in total. The predicted octanol–water partition coefficient (Wildman–Crippen LogP) is 2.92. The van der Waals surface area contributed by atoms with Gasteiger partial charge in [-0.2, -0.15) is 0 Å². The van der Waals surface area contributed by atoms with Gasteiger partial charge in [0.15, 0.2) is 0 Å². The molecule has 20 heavy (non-hydrogen) atoms. The molecule has 1 aromatic carbocycles. The number of anilines is 1. The van der Waals surface area contributed by atoms with Crippen molar-refractivity contribution >= 4 is 11.4 Å². The number of nitrogens with zero attached hydrogens (tertiary/aromatic N) is 2. The number of ether oxygens (including phenoxy) is 1. The number of benzene rings is 1. The van der Waals surface area contributed by atoms with Crippen molar-refractivity contribution in [3.05, 3.63) is 57.9 Å². The zero-order chi connectivity index (χ0) is 14.5. The summed E-state index contributed by atoms with van der Waals surface area (Å²) in [6.45, 7) is 2.50. The minimum absolute atomic E-state index is 0.000797. The average molecular weight is 273 g/mol. The van der Waals surface area contributed by atoms with Crippen LogP contribution in [-0.2, 0) is 6.54 Å². The summed E-state index contributed by atoms with van der Waals surface area (Å²) in [5.74, 6) is 0.436. The van der Waals surface area contributed by atoms with Gasteiger partial charge in [0.25, 0.3) is 5.69 Å². The molecule has 0 fully saturated rings. The van der Waals surface area contributed by atoms with Crippen molar-refractivity contribution in [2.24, 2.45) is 0 Å². The van der Waals surface area contributed by atoms with E-state index in [0.29, 0.717) is 18.0 Å². The van der Waals surface area contributed by atoms with Gasteiger partial charge in [0, 0.05) is 12.3 Å². The number of hydrogen-bond acceptors (Lipinski definition) is 5. The van der Waals surface area contributed by atoms with Crippen LogP contribution in [0.5, 0.6) is 5.75 Å². The van der Waals surface area contributed by atoms with Gasteiger partial charge in [-0.3, -0.25) is 15.1 Å². The molecule has 0 spiro atoms. The predicted molar refractivity (Wildman–Crippen MR) is 75.9 cm³/mol. The van der Waals surface area contributed by atoms with E-state index in [9.17, 15) is 10.1 Å². The highest BCUT2D eigenvalue weighted by Gasteiger charge is 2.11. The van der Waals surface area contributed by atoms with E-state index in [1.165, 1.54) is 19.2 Å². The Labute approximate surface area is 116 Å². The van der Waals surface area contributed by atoms with Crippen molar-refractivity contribution in [1.29, 1.82) is 0 Å². The van der Waals surface area contributed by atoms with Crippen LogP contribution in [0.1, 0.15) is 11.3 Å². The van der Waals surface area contributed by atoms with Gasteiger partial charge < -0.3 is 10.1 Å². The Balaban J connectivity index is 2.12. The third kappa shape index (κ3) is 3.23. The molecular formula is C14H15N3O3. The van der Waals surface area contributed by atoms with E-state index in [1.54, 1.807) is 12.3 Å². The number of nitro groups is 1. The molecule has 2 rings (SSSR count). The maximum Gasteiger partial charge on any atom is 0.273 e. The first-order chi connectivity index (χ1) is 9.60. The van der Waals surface area contributed by atoms with Crippen molar-refractivity contribution in [2.75, 3.05) is 12.4 Å². The van der Waals surface area contributed by atoms with Gasteiger partial charge >= 0.3 is 0 Å². The van der Waals surface area contributed by atoms with E-state index in [4.69, 9.17) is 4.74 Å². The normalized spacial score (nSPS) is 10.1. The molecule has 2 aromatic rings. The number of methoxy groups -OCH3 is 1. The average Bonchev–Trinajstić information content (AvgIpc) is 2.46. The fourth-order valence-corrected chi connectivity index (χ4v) is 1.73. The van der Waals surface area contributed by atoms with Crippen molar-refractivity contribution in [3.8, 4) is 5.75 Å². The topological polar surface area (TPSA) is 77.3 Å². The second-order valence-corrected chi connectivity index (χ2v) is 4.32. The molecule has 6 heteroatoms. The molecular weight excluding hydrogens is 258 g/mol. The number of pyridine rings is 1. The number of nitro benzene ring substituents is 1. The summed E-state index contributed by atoms with van der Waals surface area (Å²) in [6.07, 6.45) is 1.80. The van der Waals surface area contributed by atoms with Crippen LogP contribution >= 0.6 is 0 Å². The summed E-state index contributed by atoms with van der Waals surface area (Å²) in [5, 5.41) is 13.9. The minimum Gasteiger partial charge on any atom is -0.494 e. The lowest BCUT2D eigenvalue weighted by molar-refractivity contribution is -0.384. The molecule has 1 heterocycles. The molecule has 0 bridgehead atoms. The van der Waals surface area contributed by atoms with Crippen molar-refractivity contribution in [3.63, 3.8) is 0 Å². The van der Waals surface area contributed by atoms with Gasteiger partial charge in [-0.1, -0.05) is 6.07 Å². The Morgan fingerprint density at radius 3 is 2.75 bits per heavy atom. The van der Waals surface area contributed by atoms with E-state index in [2.05, 4.69) is 10.3 Å². The summed E-state index contributed by atoms with van der Waals surface area (Å²) in [4.78, 5) is 14.5. The molecule has 0 unspecified atom stereocenters. The SMILES string of the molecule is COc1cc([N+](=O)[O-])ccc1NCc1ccc(C)cn1. The molecule has 104 valence electrons. The van der Waals surface area contributed by atoms with E-state index in [0.717, 1.165) is 11.3 Å². The lowest BCUT2D eigenvalue weighted by atomic mass is 10.2. The molecule has 0 saturated carbocycles. The fraction of sp³-hybridized carbons (Fsp3) is 0.214. The molecule has 0 aliphatic rings. The molecule has 0 saturated heterocycles. The van der Waals surface area contributed by atoms with Gasteiger partial charge in [-0.15, -0.1) is 0 Å². The van der Waals surface area contributed by atoms with Crippen molar-refractivity contribution in [1.82, 2.24) is 4.98 Å². The van der Waals surface area contributed by atoms with Gasteiger partial charge in [-0.25, -0.2) is 0 Å². The van der Waals surface area contributed by atoms with Gasteiger partial charge in [0.2, 0.25) is 0 Å². The Bertz CT molecular complexity index is 612. The van der Waals surface area contributed by atoms with E-state index in [1.807, 2.05) is 19.1 Å². The van der Waals surface area contributed by atoms with E-state index < -0.39 is 4.92 Å². The summed E-state index contributed by atoms with van der Waals surface area (Å²) in [5.41, 5.74) is 2.68. The van der Waals surface area contributed by atoms with Crippen LogP contribution < -0.4 is 10.1 Å². The fourth-order valence-electron chi connectivity index (χ4n) is 1.73. The lowest BCUT2D eigenvalue weighted by Crippen LogP contribution is -2.03. The zero-order valence-corrected chi connectivity index (χ0v) is 11.3. The lowest BCUT2D eigenvalue weighted by Gasteiger charge is -2.10. The monoisotopic (exact) mass is 273 g/mol. The maximum atomic E-state index is 10.7. The van der Waals surface area contributed by atoms with Crippen LogP contribution in [0, 0.1) is 17.0 Å². The molecule has 0 radical (unpaired) electrons. The highest BCUT2D eigenvalue weighted by Crippen LogP contribution is 2.29. The summed E-state index contributed by atoms with van der Waals surface area (Å²) in [7, 11) is 1.48. The second-order valence-electron chi connectivity index (χ2n) is 4.32. The highest BCUT2D eigenvalue weighted by molar-refractivity contribution is 5.60. The number of nitrogens with one attached hydrogen (secondary N) is 1. The first kappa shape index (κ1) is 13.8. The number of non-ortho nitro benzene ring substituents is 1. The van der Waals surface area contributed by atoms with Crippen LogP contribution in [-0.4, -0.2) is 17.0 Å². The maximum absolute atomic E-state index is 10.7. The zero-order valence-electron chi connectivity index (χ0n) is 11.3. The minimum atomic E-state index is -0.451. The molecule has 0 aliphatic heterocycles. The molecule has 1 aromatic heterocycles. The quantitative estimate of drug-likeness (QED) is 0.669. The van der Waals surface area contributed by atoms with Crippen molar-refractivity contribution < 1.29 is 9.66 Å². The standard InChI is InChI=1S/C14H15N3O3/c1-10-3-4-11(15-8-10)9-16-13-6-5-12(17(18)19)7-14(13)20-2/h3-8,16H,9H2,1-2H3. The number of rotatable bonds is 5. The third-order valence-electron chi connectivity index (χ3n) is 2.83. The van der Waals surface area contributed by atoms with Gasteiger partial charge in [-0.05, 0) is 24.6 Å². The summed E-state index contributed by atoms with van der Waals surface area (Å²) >= 11 is 0. The van der Waals surface area contributed by atoms with Crippen LogP contribution in [0.4, 0.5) is 11.4 Å². The van der Waals surface area contributed by atoms with Crippen LogP contribution in [0.3, 0.4) is 0 Å².